The van der Waals surface area contributed by atoms with Crippen LogP contribution in [0, 0.1) is 0 Å². The number of carbonyl (C=O) groups excluding carboxylic acids is 4. The van der Waals surface area contributed by atoms with E-state index in [4.69, 9.17) is 32.7 Å². The molecular weight excluding hydrogens is 459 g/mol. The van der Waals surface area contributed by atoms with E-state index in [2.05, 4.69) is 0 Å². The molecule has 1 fully saturated rings. The lowest BCUT2D eigenvalue weighted by Gasteiger charge is -2.34. The molecule has 8 nitrogen and oxygen atoms in total. The van der Waals surface area contributed by atoms with E-state index in [1.807, 2.05) is 0 Å². The van der Waals surface area contributed by atoms with Crippen LogP contribution in [-0.2, 0) is 19.1 Å². The first-order valence-corrected chi connectivity index (χ1v) is 10.5. The van der Waals surface area contributed by atoms with Crippen LogP contribution in [0.5, 0.6) is 0 Å². The number of benzene rings is 2. The summed E-state index contributed by atoms with van der Waals surface area (Å²) in [6.07, 6.45) is 0. The molecule has 1 saturated heterocycles. The quantitative estimate of drug-likeness (QED) is 0.592. The van der Waals surface area contributed by atoms with E-state index < -0.39 is 25.2 Å². The standard InChI is InChI=1S/C22H20Cl2N2O6/c23-17-7-3-1-5-15(17)21(29)31-13-19(27)25-9-11-26(12-10-25)20(28)14-32-22(30)16-6-2-4-8-18(16)24/h1-8H,9-14H2. The minimum atomic E-state index is -0.682. The van der Waals surface area contributed by atoms with Gasteiger partial charge in [-0.1, -0.05) is 47.5 Å². The Morgan fingerprint density at radius 1 is 0.656 bits per heavy atom. The molecule has 1 heterocycles. The van der Waals surface area contributed by atoms with Crippen molar-refractivity contribution in [2.45, 2.75) is 0 Å². The highest BCUT2D eigenvalue weighted by atomic mass is 35.5. The van der Waals surface area contributed by atoms with Gasteiger partial charge in [0.1, 0.15) is 0 Å². The molecule has 0 bridgehead atoms. The molecule has 2 amide bonds. The van der Waals surface area contributed by atoms with Gasteiger partial charge in [0.15, 0.2) is 13.2 Å². The molecule has 0 saturated carbocycles. The summed E-state index contributed by atoms with van der Waals surface area (Å²) in [5.41, 5.74) is 0.368. The molecule has 0 aliphatic carbocycles. The van der Waals surface area contributed by atoms with E-state index in [9.17, 15) is 19.2 Å². The molecule has 0 radical (unpaired) electrons. The Balaban J connectivity index is 1.41. The second-order valence-electron chi connectivity index (χ2n) is 6.87. The van der Waals surface area contributed by atoms with Crippen LogP contribution >= 0.6 is 23.2 Å². The summed E-state index contributed by atoms with van der Waals surface area (Å²) >= 11 is 11.9. The molecule has 2 aromatic carbocycles. The molecule has 168 valence electrons. The van der Waals surface area contributed by atoms with Gasteiger partial charge < -0.3 is 19.3 Å². The Morgan fingerprint density at radius 3 is 1.34 bits per heavy atom. The fourth-order valence-electron chi connectivity index (χ4n) is 3.05. The zero-order valence-electron chi connectivity index (χ0n) is 17.0. The molecule has 10 heteroatoms. The predicted octanol–water partition coefficient (Wildman–Crippen LogP) is 2.68. The Kier molecular flexibility index (Phi) is 8.08. The molecule has 3 rings (SSSR count). The van der Waals surface area contributed by atoms with Gasteiger partial charge in [-0.3, -0.25) is 9.59 Å². The van der Waals surface area contributed by atoms with Gasteiger partial charge >= 0.3 is 11.9 Å². The second kappa shape index (κ2) is 11.0. The summed E-state index contributed by atoms with van der Waals surface area (Å²) in [5, 5.41) is 0.486. The fourth-order valence-corrected chi connectivity index (χ4v) is 3.48. The Morgan fingerprint density at radius 2 is 1.00 bits per heavy atom. The molecule has 32 heavy (non-hydrogen) atoms. The number of piperazine rings is 1. The summed E-state index contributed by atoms with van der Waals surface area (Å²) in [6, 6.07) is 12.8. The van der Waals surface area contributed by atoms with Crippen LogP contribution in [0.15, 0.2) is 48.5 Å². The number of amides is 2. The fraction of sp³-hybridized carbons (Fsp3) is 0.273. The Labute approximate surface area is 194 Å². The van der Waals surface area contributed by atoms with E-state index in [0.717, 1.165) is 0 Å². The molecule has 1 aliphatic rings. The smallest absolute Gasteiger partial charge is 0.340 e. The summed E-state index contributed by atoms with van der Waals surface area (Å²) in [7, 11) is 0. The number of rotatable bonds is 6. The van der Waals surface area contributed by atoms with Crippen LogP contribution in [0.4, 0.5) is 0 Å². The van der Waals surface area contributed by atoms with Gasteiger partial charge in [-0.25, -0.2) is 9.59 Å². The lowest BCUT2D eigenvalue weighted by Crippen LogP contribution is -2.52. The largest absolute Gasteiger partial charge is 0.452 e. The van der Waals surface area contributed by atoms with Crippen molar-refractivity contribution in [3.8, 4) is 0 Å². The maximum absolute atomic E-state index is 12.3. The summed E-state index contributed by atoms with van der Waals surface area (Å²) < 4.78 is 10.1. The first-order chi connectivity index (χ1) is 15.4. The monoisotopic (exact) mass is 478 g/mol. The number of carbonyl (C=O) groups is 4. The third-order valence-corrected chi connectivity index (χ3v) is 5.49. The second-order valence-corrected chi connectivity index (χ2v) is 7.69. The van der Waals surface area contributed by atoms with Gasteiger partial charge in [-0.15, -0.1) is 0 Å². The van der Waals surface area contributed by atoms with Crippen molar-refractivity contribution >= 4 is 47.0 Å². The number of esters is 2. The molecule has 2 aromatic rings. The zero-order chi connectivity index (χ0) is 23.1. The van der Waals surface area contributed by atoms with E-state index in [0.29, 0.717) is 0 Å². The first-order valence-electron chi connectivity index (χ1n) is 9.75. The third-order valence-electron chi connectivity index (χ3n) is 4.83. The van der Waals surface area contributed by atoms with E-state index in [1.54, 1.807) is 36.4 Å². The number of halogens is 2. The SMILES string of the molecule is O=C(OCC(=O)N1CCN(C(=O)COC(=O)c2ccccc2Cl)CC1)c1ccccc1Cl. The Bertz CT molecular complexity index is 939. The van der Waals surface area contributed by atoms with Gasteiger partial charge in [-0.05, 0) is 24.3 Å². The van der Waals surface area contributed by atoms with E-state index in [1.165, 1.54) is 21.9 Å². The molecule has 0 aromatic heterocycles. The molecule has 0 N–H and O–H groups in total. The lowest BCUT2D eigenvalue weighted by atomic mass is 10.2. The summed E-state index contributed by atoms with van der Waals surface area (Å²) in [4.78, 5) is 51.8. The molecular formula is C22H20Cl2N2O6. The van der Waals surface area contributed by atoms with Crippen molar-refractivity contribution in [2.24, 2.45) is 0 Å². The number of nitrogens with zero attached hydrogens (tertiary/aromatic N) is 2. The van der Waals surface area contributed by atoms with Crippen molar-refractivity contribution in [3.05, 3.63) is 69.7 Å². The van der Waals surface area contributed by atoms with Crippen LogP contribution < -0.4 is 0 Å². The normalized spacial score (nSPS) is 13.4. The third kappa shape index (κ3) is 5.99. The first kappa shape index (κ1) is 23.6. The zero-order valence-corrected chi connectivity index (χ0v) is 18.5. The minimum absolute atomic E-state index is 0.184. The van der Waals surface area contributed by atoms with Gasteiger partial charge in [0, 0.05) is 26.2 Å². The van der Waals surface area contributed by atoms with Crippen LogP contribution in [-0.4, -0.2) is 72.9 Å². The summed E-state index contributed by atoms with van der Waals surface area (Å²) in [5.74, 6) is -2.11. The Hall–Kier alpha value is -3.10. The van der Waals surface area contributed by atoms with E-state index in [-0.39, 0.29) is 59.2 Å². The van der Waals surface area contributed by atoms with Gasteiger partial charge in [0.2, 0.25) is 0 Å². The topological polar surface area (TPSA) is 93.2 Å². The van der Waals surface area contributed by atoms with Crippen LogP contribution in [0.2, 0.25) is 10.0 Å². The van der Waals surface area contributed by atoms with Crippen molar-refractivity contribution < 1.29 is 28.7 Å². The number of hydrogen-bond acceptors (Lipinski definition) is 6. The lowest BCUT2D eigenvalue weighted by molar-refractivity contribution is -0.142. The molecule has 1 aliphatic heterocycles. The predicted molar refractivity (Wildman–Crippen MR) is 117 cm³/mol. The van der Waals surface area contributed by atoms with Crippen LogP contribution in [0.25, 0.3) is 0 Å². The highest BCUT2D eigenvalue weighted by Gasteiger charge is 2.26. The summed E-state index contributed by atoms with van der Waals surface area (Å²) in [6.45, 7) is 0.236. The van der Waals surface area contributed by atoms with Crippen molar-refractivity contribution in [1.29, 1.82) is 0 Å². The minimum Gasteiger partial charge on any atom is -0.452 e. The molecule has 0 spiro atoms. The maximum Gasteiger partial charge on any atom is 0.340 e. The van der Waals surface area contributed by atoms with Gasteiger partial charge in [0.05, 0.1) is 21.2 Å². The number of ether oxygens (including phenoxy) is 2. The highest BCUT2D eigenvalue weighted by Crippen LogP contribution is 2.17. The van der Waals surface area contributed by atoms with Crippen LogP contribution in [0.1, 0.15) is 20.7 Å². The molecule has 0 atom stereocenters. The van der Waals surface area contributed by atoms with E-state index >= 15 is 0 Å². The van der Waals surface area contributed by atoms with Crippen LogP contribution in [0.3, 0.4) is 0 Å². The average Bonchev–Trinajstić information content (AvgIpc) is 2.81. The van der Waals surface area contributed by atoms with Gasteiger partial charge in [-0.2, -0.15) is 0 Å². The van der Waals surface area contributed by atoms with Crippen molar-refractivity contribution in [1.82, 2.24) is 9.80 Å². The van der Waals surface area contributed by atoms with Crippen molar-refractivity contribution in [3.63, 3.8) is 0 Å². The number of hydrogen-bond donors (Lipinski definition) is 0. The maximum atomic E-state index is 12.3. The van der Waals surface area contributed by atoms with Crippen molar-refractivity contribution in [2.75, 3.05) is 39.4 Å². The average molecular weight is 479 g/mol. The highest BCUT2D eigenvalue weighted by molar-refractivity contribution is 6.34. The molecule has 0 unspecified atom stereocenters. The van der Waals surface area contributed by atoms with Gasteiger partial charge in [0.25, 0.3) is 11.8 Å².